The Morgan fingerprint density at radius 2 is 1.52 bits per heavy atom. The van der Waals surface area contributed by atoms with E-state index in [0.717, 1.165) is 0 Å². The zero-order valence-corrected chi connectivity index (χ0v) is 12.1. The summed E-state index contributed by atoms with van der Waals surface area (Å²) in [4.78, 5) is 1.32. The molecule has 0 aromatic rings. The van der Waals surface area contributed by atoms with Crippen LogP contribution in [0.4, 0.5) is 26.3 Å². The monoisotopic (exact) mass is 348 g/mol. The SMILES string of the molecule is CCOCCN(CC)CC(F)(F)F.O=S(=O)([O-])C(F)(F)F. The normalized spacial score (nSPS) is 13.0. The van der Waals surface area contributed by atoms with Gasteiger partial charge in [-0.25, -0.2) is 8.42 Å². The molecule has 0 aliphatic carbocycles. The second-order valence-electron chi connectivity index (χ2n) is 3.58. The standard InChI is InChI=1S/C8H16F3NO.CHF3O3S/c1-3-12(5-6-13-4-2)7-8(9,10)11;2-1(3,4)8(5,6)7/h3-7H2,1-2H3;(H,5,6,7)/p-1. The van der Waals surface area contributed by atoms with E-state index in [9.17, 15) is 26.3 Å². The number of hydrogen-bond acceptors (Lipinski definition) is 5. The van der Waals surface area contributed by atoms with Gasteiger partial charge in [0.15, 0.2) is 10.1 Å². The molecule has 130 valence electrons. The first-order valence-corrected chi connectivity index (χ1v) is 7.04. The van der Waals surface area contributed by atoms with Crippen molar-refractivity contribution < 1.29 is 44.0 Å². The third-order valence-electron chi connectivity index (χ3n) is 1.89. The molecule has 0 aliphatic heterocycles. The second kappa shape index (κ2) is 9.43. The van der Waals surface area contributed by atoms with Gasteiger partial charge in [0.2, 0.25) is 0 Å². The molecule has 0 aliphatic rings. The third-order valence-corrected chi connectivity index (χ3v) is 2.46. The molecule has 0 bridgehead atoms. The lowest BCUT2D eigenvalue weighted by Gasteiger charge is -2.21. The van der Waals surface area contributed by atoms with Crippen molar-refractivity contribution in [2.24, 2.45) is 0 Å². The van der Waals surface area contributed by atoms with Gasteiger partial charge in [0.1, 0.15) is 0 Å². The van der Waals surface area contributed by atoms with Crippen molar-refractivity contribution in [3.63, 3.8) is 0 Å². The molecule has 0 rings (SSSR count). The van der Waals surface area contributed by atoms with Crippen molar-refractivity contribution in [3.8, 4) is 0 Å². The van der Waals surface area contributed by atoms with Gasteiger partial charge < -0.3 is 9.29 Å². The number of ether oxygens (including phenoxy) is 1. The number of rotatable bonds is 6. The van der Waals surface area contributed by atoms with Gasteiger partial charge in [0, 0.05) is 13.2 Å². The molecule has 0 spiro atoms. The van der Waals surface area contributed by atoms with Gasteiger partial charge in [0.05, 0.1) is 13.2 Å². The van der Waals surface area contributed by atoms with Crippen molar-refractivity contribution in [2.75, 3.05) is 32.8 Å². The number of hydrogen-bond donors (Lipinski definition) is 0. The zero-order valence-electron chi connectivity index (χ0n) is 11.3. The number of halogens is 6. The van der Waals surface area contributed by atoms with Crippen molar-refractivity contribution in [1.82, 2.24) is 4.90 Å². The molecule has 0 unspecified atom stereocenters. The molecule has 21 heavy (non-hydrogen) atoms. The minimum absolute atomic E-state index is 0.337. The highest BCUT2D eigenvalue weighted by atomic mass is 32.2. The van der Waals surface area contributed by atoms with E-state index in [1.54, 1.807) is 6.92 Å². The van der Waals surface area contributed by atoms with Crippen LogP contribution >= 0.6 is 0 Å². The van der Waals surface area contributed by atoms with Gasteiger partial charge in [-0.1, -0.05) is 6.92 Å². The van der Waals surface area contributed by atoms with Crippen LogP contribution in [0.3, 0.4) is 0 Å². The summed E-state index contributed by atoms with van der Waals surface area (Å²) in [5.41, 5.74) is -5.65. The number of nitrogens with zero attached hydrogens (tertiary/aromatic N) is 1. The van der Waals surface area contributed by atoms with E-state index in [0.29, 0.717) is 26.3 Å². The first-order valence-electron chi connectivity index (χ1n) is 5.63. The fourth-order valence-electron chi connectivity index (χ4n) is 0.941. The lowest BCUT2D eigenvalue weighted by atomic mass is 10.4. The van der Waals surface area contributed by atoms with Crippen LogP contribution < -0.4 is 0 Å². The zero-order chi connectivity index (χ0) is 17.3. The molecule has 0 atom stereocenters. The quantitative estimate of drug-likeness (QED) is 0.318. The summed E-state index contributed by atoms with van der Waals surface area (Å²) in [6.45, 7) is 4.31. The van der Waals surface area contributed by atoms with Gasteiger partial charge in [-0.15, -0.1) is 0 Å². The summed E-state index contributed by atoms with van der Waals surface area (Å²) in [5, 5.41) is 0. The van der Waals surface area contributed by atoms with E-state index in [1.165, 1.54) is 4.90 Å². The Labute approximate surface area is 118 Å². The van der Waals surface area contributed by atoms with Crippen LogP contribution in [0.15, 0.2) is 0 Å². The summed E-state index contributed by atoms with van der Waals surface area (Å²) in [5.74, 6) is 0. The molecule has 0 saturated heterocycles. The maximum atomic E-state index is 11.9. The molecule has 0 fully saturated rings. The van der Waals surface area contributed by atoms with Gasteiger partial charge >= 0.3 is 11.7 Å². The van der Waals surface area contributed by atoms with Crippen LogP contribution in [0, 0.1) is 0 Å². The molecule has 12 heteroatoms. The molecular formula is C9H16F6NO4S-. The summed E-state index contributed by atoms with van der Waals surface area (Å²) in [7, 11) is -6.09. The first-order chi connectivity index (χ1) is 9.24. The van der Waals surface area contributed by atoms with Crippen LogP contribution in [-0.2, 0) is 14.9 Å². The minimum Gasteiger partial charge on any atom is -0.741 e. The van der Waals surface area contributed by atoms with Crippen LogP contribution in [0.1, 0.15) is 13.8 Å². The Morgan fingerprint density at radius 3 is 1.76 bits per heavy atom. The molecule has 5 nitrogen and oxygen atoms in total. The maximum Gasteiger partial charge on any atom is 0.485 e. The van der Waals surface area contributed by atoms with Gasteiger partial charge in [-0.3, -0.25) is 4.90 Å². The van der Waals surface area contributed by atoms with Crippen molar-refractivity contribution in [3.05, 3.63) is 0 Å². The van der Waals surface area contributed by atoms with E-state index in [4.69, 9.17) is 17.7 Å². The van der Waals surface area contributed by atoms with Crippen LogP contribution in [0.5, 0.6) is 0 Å². The Balaban J connectivity index is 0. The van der Waals surface area contributed by atoms with Crippen molar-refractivity contribution >= 4 is 10.1 Å². The van der Waals surface area contributed by atoms with Crippen LogP contribution in [0.25, 0.3) is 0 Å². The fraction of sp³-hybridized carbons (Fsp3) is 1.00. The highest BCUT2D eigenvalue weighted by Crippen LogP contribution is 2.20. The van der Waals surface area contributed by atoms with Gasteiger partial charge in [0.25, 0.3) is 0 Å². The summed E-state index contributed by atoms with van der Waals surface area (Å²) in [6.07, 6.45) is -4.11. The molecule has 0 amide bonds. The Bertz CT molecular complexity index is 367. The summed E-state index contributed by atoms with van der Waals surface area (Å²) in [6, 6.07) is 0. The van der Waals surface area contributed by atoms with Gasteiger partial charge in [-0.2, -0.15) is 26.3 Å². The predicted octanol–water partition coefficient (Wildman–Crippen LogP) is 1.96. The number of alkyl halides is 6. The molecule has 0 heterocycles. The van der Waals surface area contributed by atoms with E-state index >= 15 is 0 Å². The Morgan fingerprint density at radius 1 is 1.10 bits per heavy atom. The molecule has 0 radical (unpaired) electrons. The average Bonchev–Trinajstić information content (AvgIpc) is 2.24. The fourth-order valence-corrected chi connectivity index (χ4v) is 0.941. The van der Waals surface area contributed by atoms with Crippen LogP contribution in [0.2, 0.25) is 0 Å². The predicted molar refractivity (Wildman–Crippen MR) is 60.4 cm³/mol. The smallest absolute Gasteiger partial charge is 0.485 e. The minimum atomic E-state index is -6.09. The topological polar surface area (TPSA) is 69.7 Å². The Hall–Kier alpha value is -0.590. The lowest BCUT2D eigenvalue weighted by Crippen LogP contribution is -2.36. The highest BCUT2D eigenvalue weighted by molar-refractivity contribution is 7.86. The first kappa shape index (κ1) is 22.7. The molecule has 0 saturated carbocycles. The lowest BCUT2D eigenvalue weighted by molar-refractivity contribution is -0.146. The molecule has 0 N–H and O–H groups in total. The number of likely N-dealkylation sites (N-methyl/N-ethyl adjacent to an activating group) is 1. The highest BCUT2D eigenvalue weighted by Gasteiger charge is 2.36. The van der Waals surface area contributed by atoms with Crippen molar-refractivity contribution in [1.29, 1.82) is 0 Å². The van der Waals surface area contributed by atoms with E-state index in [2.05, 4.69) is 0 Å². The molecule has 0 aromatic carbocycles. The van der Waals surface area contributed by atoms with Crippen molar-refractivity contribution in [2.45, 2.75) is 25.5 Å². The maximum absolute atomic E-state index is 11.9. The second-order valence-corrected chi connectivity index (χ2v) is 4.95. The third kappa shape index (κ3) is 14.1. The Kier molecular flexibility index (Phi) is 10.2. The summed E-state index contributed by atoms with van der Waals surface area (Å²) < 4.78 is 99.6. The molecule has 0 aromatic heterocycles. The summed E-state index contributed by atoms with van der Waals surface area (Å²) >= 11 is 0. The van der Waals surface area contributed by atoms with E-state index in [1.807, 2.05) is 6.92 Å². The van der Waals surface area contributed by atoms with Crippen LogP contribution in [-0.4, -0.2) is 62.4 Å². The average molecular weight is 348 g/mol. The van der Waals surface area contributed by atoms with E-state index in [-0.39, 0.29) is 0 Å². The van der Waals surface area contributed by atoms with E-state index < -0.39 is 28.3 Å². The molecular weight excluding hydrogens is 332 g/mol. The largest absolute Gasteiger partial charge is 0.741 e. The van der Waals surface area contributed by atoms with Gasteiger partial charge in [-0.05, 0) is 13.5 Å².